The molecule has 1 aromatic carbocycles. The molecule has 0 bridgehead atoms. The van der Waals surface area contributed by atoms with Gasteiger partial charge in [-0.15, -0.1) is 0 Å². The highest BCUT2D eigenvalue weighted by Crippen LogP contribution is 2.17. The van der Waals surface area contributed by atoms with Crippen molar-refractivity contribution in [2.24, 2.45) is 0 Å². The van der Waals surface area contributed by atoms with E-state index in [1.165, 1.54) is 12.1 Å². The lowest BCUT2D eigenvalue weighted by Crippen LogP contribution is -2.23. The van der Waals surface area contributed by atoms with E-state index >= 15 is 0 Å². The number of rotatable bonds is 6. The lowest BCUT2D eigenvalue weighted by atomic mass is 10.2. The molecule has 0 amide bonds. The summed E-state index contributed by atoms with van der Waals surface area (Å²) in [4.78, 5) is 0. The van der Waals surface area contributed by atoms with E-state index in [-0.39, 0.29) is 11.4 Å². The predicted octanol–water partition coefficient (Wildman–Crippen LogP) is 3.52. The minimum atomic E-state index is -2.79. The molecule has 0 saturated carbocycles. The van der Waals surface area contributed by atoms with Gasteiger partial charge in [0.15, 0.2) is 0 Å². The number of ether oxygens (including phenoxy) is 2. The number of halogens is 2. The fourth-order valence-corrected chi connectivity index (χ4v) is 1.31. The third kappa shape index (κ3) is 6.39. The zero-order valence-corrected chi connectivity index (χ0v) is 10.9. The molecule has 0 unspecified atom stereocenters. The summed E-state index contributed by atoms with van der Waals surface area (Å²) >= 11 is 0. The van der Waals surface area contributed by atoms with Gasteiger partial charge in [-0.2, -0.15) is 8.78 Å². The molecule has 0 aromatic heterocycles. The van der Waals surface area contributed by atoms with Crippen molar-refractivity contribution in [3.05, 3.63) is 24.3 Å². The molecule has 18 heavy (non-hydrogen) atoms. The van der Waals surface area contributed by atoms with Crippen LogP contribution in [0, 0.1) is 0 Å². The first-order valence-corrected chi connectivity index (χ1v) is 5.79. The van der Waals surface area contributed by atoms with E-state index in [9.17, 15) is 8.78 Å². The van der Waals surface area contributed by atoms with Gasteiger partial charge in [0.2, 0.25) is 0 Å². The first-order chi connectivity index (χ1) is 8.37. The molecule has 3 nitrogen and oxygen atoms in total. The second kappa shape index (κ2) is 6.54. The summed E-state index contributed by atoms with van der Waals surface area (Å²) < 4.78 is 33.6. The maximum absolute atomic E-state index is 11.9. The van der Waals surface area contributed by atoms with Gasteiger partial charge in [-0.05, 0) is 45.0 Å². The van der Waals surface area contributed by atoms with Crippen LogP contribution in [0.15, 0.2) is 24.3 Å². The van der Waals surface area contributed by atoms with Crippen molar-refractivity contribution >= 4 is 5.69 Å². The van der Waals surface area contributed by atoms with Crippen LogP contribution >= 0.6 is 0 Å². The molecule has 0 saturated heterocycles. The Morgan fingerprint density at radius 2 is 1.78 bits per heavy atom. The van der Waals surface area contributed by atoms with Crippen LogP contribution in [0.4, 0.5) is 14.5 Å². The van der Waals surface area contributed by atoms with Crippen LogP contribution in [0.25, 0.3) is 0 Å². The summed E-state index contributed by atoms with van der Waals surface area (Å²) in [6.45, 7) is 4.42. The number of hydrogen-bond acceptors (Lipinski definition) is 3. The minimum absolute atomic E-state index is 0.154. The zero-order valence-electron chi connectivity index (χ0n) is 10.9. The molecule has 1 rings (SSSR count). The first kappa shape index (κ1) is 14.7. The maximum Gasteiger partial charge on any atom is 0.387 e. The Labute approximate surface area is 106 Å². The van der Waals surface area contributed by atoms with Crippen LogP contribution in [-0.2, 0) is 4.74 Å². The summed E-state index contributed by atoms with van der Waals surface area (Å²) in [5.74, 6) is 0.154. The van der Waals surface area contributed by atoms with Gasteiger partial charge in [0, 0.05) is 12.2 Å². The number of anilines is 1. The number of nitrogens with one attached hydrogen (secondary N) is 1. The van der Waals surface area contributed by atoms with Crippen LogP contribution in [-0.4, -0.2) is 25.4 Å². The van der Waals surface area contributed by atoms with Gasteiger partial charge in [0.05, 0.1) is 12.2 Å². The molecule has 102 valence electrons. The van der Waals surface area contributed by atoms with E-state index in [1.807, 2.05) is 20.8 Å². The quantitative estimate of drug-likeness (QED) is 0.793. The second-order valence-electron chi connectivity index (χ2n) is 4.79. The summed E-state index contributed by atoms with van der Waals surface area (Å²) in [6, 6.07) is 6.38. The third-order valence-corrected chi connectivity index (χ3v) is 2.05. The van der Waals surface area contributed by atoms with Crippen molar-refractivity contribution in [1.82, 2.24) is 0 Å². The molecule has 0 radical (unpaired) electrons. The molecule has 0 aliphatic carbocycles. The Balaban J connectivity index is 2.31. The molecule has 0 atom stereocenters. The van der Waals surface area contributed by atoms with Crippen molar-refractivity contribution < 1.29 is 18.3 Å². The smallest absolute Gasteiger partial charge is 0.387 e. The summed E-state index contributed by atoms with van der Waals surface area (Å²) in [7, 11) is 0. The number of benzene rings is 1. The van der Waals surface area contributed by atoms with E-state index < -0.39 is 6.61 Å². The molecule has 1 aromatic rings. The Bertz CT molecular complexity index is 347. The fraction of sp³-hybridized carbons (Fsp3) is 0.538. The van der Waals surface area contributed by atoms with Crippen molar-refractivity contribution in [3.8, 4) is 5.75 Å². The Hall–Kier alpha value is -1.36. The highest BCUT2D eigenvalue weighted by Gasteiger charge is 2.08. The molecule has 0 aliphatic heterocycles. The van der Waals surface area contributed by atoms with Gasteiger partial charge in [0.25, 0.3) is 0 Å². The van der Waals surface area contributed by atoms with Crippen molar-refractivity contribution in [1.29, 1.82) is 0 Å². The normalized spacial score (nSPS) is 11.7. The summed E-state index contributed by atoms with van der Waals surface area (Å²) in [5, 5.41) is 3.13. The van der Waals surface area contributed by atoms with Gasteiger partial charge in [0.1, 0.15) is 5.75 Å². The summed E-state index contributed by atoms with van der Waals surface area (Å²) in [6.07, 6.45) is 0. The largest absolute Gasteiger partial charge is 0.435 e. The topological polar surface area (TPSA) is 30.5 Å². The molecule has 0 heterocycles. The molecule has 0 spiro atoms. The van der Waals surface area contributed by atoms with Crippen LogP contribution in [0.2, 0.25) is 0 Å². The SMILES string of the molecule is CC(C)(C)OCCNc1ccc(OC(F)F)cc1. The first-order valence-electron chi connectivity index (χ1n) is 5.79. The highest BCUT2D eigenvalue weighted by molar-refractivity contribution is 5.46. The Kier molecular flexibility index (Phi) is 5.34. The van der Waals surface area contributed by atoms with Gasteiger partial charge in [-0.3, -0.25) is 0 Å². The monoisotopic (exact) mass is 259 g/mol. The van der Waals surface area contributed by atoms with Crippen LogP contribution in [0.3, 0.4) is 0 Å². The van der Waals surface area contributed by atoms with E-state index in [0.717, 1.165) is 5.69 Å². The lowest BCUT2D eigenvalue weighted by molar-refractivity contribution is -0.0498. The number of alkyl halides is 2. The molecule has 1 N–H and O–H groups in total. The van der Waals surface area contributed by atoms with Crippen LogP contribution in [0.1, 0.15) is 20.8 Å². The van der Waals surface area contributed by atoms with Gasteiger partial charge in [-0.25, -0.2) is 0 Å². The van der Waals surface area contributed by atoms with Crippen LogP contribution < -0.4 is 10.1 Å². The van der Waals surface area contributed by atoms with Gasteiger partial charge >= 0.3 is 6.61 Å². The van der Waals surface area contributed by atoms with Crippen LogP contribution in [0.5, 0.6) is 5.75 Å². The summed E-state index contributed by atoms with van der Waals surface area (Å²) in [5.41, 5.74) is 0.686. The molecular weight excluding hydrogens is 240 g/mol. The average molecular weight is 259 g/mol. The third-order valence-electron chi connectivity index (χ3n) is 2.05. The molecule has 0 fully saturated rings. The Morgan fingerprint density at radius 1 is 1.17 bits per heavy atom. The minimum Gasteiger partial charge on any atom is -0.435 e. The molecule has 5 heteroatoms. The molecule has 0 aliphatic rings. The van der Waals surface area contributed by atoms with Crippen molar-refractivity contribution in [3.63, 3.8) is 0 Å². The lowest BCUT2D eigenvalue weighted by Gasteiger charge is -2.19. The number of hydrogen-bond donors (Lipinski definition) is 1. The predicted molar refractivity (Wildman–Crippen MR) is 67.3 cm³/mol. The van der Waals surface area contributed by atoms with E-state index in [0.29, 0.717) is 13.2 Å². The van der Waals surface area contributed by atoms with E-state index in [2.05, 4.69) is 10.1 Å². The van der Waals surface area contributed by atoms with Crippen molar-refractivity contribution in [2.75, 3.05) is 18.5 Å². The standard InChI is InChI=1S/C13H19F2NO2/c1-13(2,3)17-9-8-16-10-4-6-11(7-5-10)18-12(14)15/h4-7,12,16H,8-9H2,1-3H3. The van der Waals surface area contributed by atoms with Crippen molar-refractivity contribution in [2.45, 2.75) is 33.0 Å². The van der Waals surface area contributed by atoms with Gasteiger partial charge < -0.3 is 14.8 Å². The fourth-order valence-electron chi connectivity index (χ4n) is 1.31. The van der Waals surface area contributed by atoms with E-state index in [4.69, 9.17) is 4.74 Å². The highest BCUT2D eigenvalue weighted by atomic mass is 19.3. The average Bonchev–Trinajstić information content (AvgIpc) is 2.24. The van der Waals surface area contributed by atoms with E-state index in [1.54, 1.807) is 12.1 Å². The van der Waals surface area contributed by atoms with Gasteiger partial charge in [-0.1, -0.05) is 0 Å². The Morgan fingerprint density at radius 3 is 2.28 bits per heavy atom. The zero-order chi connectivity index (χ0) is 13.6. The molecular formula is C13H19F2NO2. The maximum atomic E-state index is 11.9. The second-order valence-corrected chi connectivity index (χ2v) is 4.79.